The van der Waals surface area contributed by atoms with Crippen LogP contribution in [0.4, 0.5) is 0 Å². The van der Waals surface area contributed by atoms with Crippen LogP contribution >= 0.6 is 34.4 Å². The summed E-state index contributed by atoms with van der Waals surface area (Å²) in [4.78, 5) is 13.8. The van der Waals surface area contributed by atoms with Crippen molar-refractivity contribution in [2.45, 2.75) is 6.04 Å². The fourth-order valence-electron chi connectivity index (χ4n) is 2.35. The number of carbonyl (C=O) groups is 1. The summed E-state index contributed by atoms with van der Waals surface area (Å²) in [5.41, 5.74) is 3.27. The number of nitrogens with zero attached hydrogens (tertiary/aromatic N) is 2. The molecule has 0 saturated heterocycles. The van der Waals surface area contributed by atoms with Gasteiger partial charge >= 0.3 is 0 Å². The van der Waals surface area contributed by atoms with E-state index in [9.17, 15) is 4.79 Å². The molecular formula is C16H11N3OS3. The second-order valence-electron chi connectivity index (χ2n) is 4.95. The van der Waals surface area contributed by atoms with Crippen molar-refractivity contribution in [3.63, 3.8) is 0 Å². The maximum absolute atomic E-state index is 12.7. The second kappa shape index (κ2) is 6.19. The van der Waals surface area contributed by atoms with Crippen LogP contribution in [-0.2, 0) is 0 Å². The highest BCUT2D eigenvalue weighted by Crippen LogP contribution is 2.28. The first-order valence-corrected chi connectivity index (χ1v) is 9.45. The number of benzene rings is 1. The molecule has 1 aromatic carbocycles. The topological polar surface area (TPSA) is 54.9 Å². The zero-order valence-corrected chi connectivity index (χ0v) is 14.3. The minimum Gasteiger partial charge on any atom is -0.340 e. The summed E-state index contributed by atoms with van der Waals surface area (Å²) in [6.45, 7) is 0. The van der Waals surface area contributed by atoms with Crippen LogP contribution in [0.5, 0.6) is 0 Å². The summed E-state index contributed by atoms with van der Waals surface area (Å²) in [5, 5.41) is 9.24. The van der Waals surface area contributed by atoms with Gasteiger partial charge in [0.05, 0.1) is 17.8 Å². The first kappa shape index (κ1) is 14.5. The van der Waals surface area contributed by atoms with Crippen LogP contribution in [0.15, 0.2) is 52.5 Å². The molecule has 0 radical (unpaired) electrons. The van der Waals surface area contributed by atoms with Gasteiger partial charge in [-0.25, -0.2) is 0 Å². The van der Waals surface area contributed by atoms with Crippen LogP contribution in [0.3, 0.4) is 0 Å². The number of aromatic nitrogens is 2. The SMILES string of the molecule is O=C(N[C@H](c1ccsc1)c1cccs1)c1ccc2nsnc2c1. The van der Waals surface area contributed by atoms with Gasteiger partial charge in [0.2, 0.25) is 0 Å². The largest absolute Gasteiger partial charge is 0.340 e. The highest BCUT2D eigenvalue weighted by molar-refractivity contribution is 7.10. The summed E-state index contributed by atoms with van der Waals surface area (Å²) in [6, 6.07) is 11.4. The van der Waals surface area contributed by atoms with Gasteiger partial charge in [0.25, 0.3) is 5.91 Å². The normalized spacial score (nSPS) is 12.3. The van der Waals surface area contributed by atoms with Crippen molar-refractivity contribution in [1.82, 2.24) is 14.1 Å². The molecule has 0 fully saturated rings. The van der Waals surface area contributed by atoms with E-state index < -0.39 is 0 Å². The highest BCUT2D eigenvalue weighted by atomic mass is 32.1. The monoisotopic (exact) mass is 357 g/mol. The van der Waals surface area contributed by atoms with E-state index in [-0.39, 0.29) is 11.9 Å². The molecule has 7 heteroatoms. The van der Waals surface area contributed by atoms with E-state index in [4.69, 9.17) is 0 Å². The molecule has 0 unspecified atom stereocenters. The van der Waals surface area contributed by atoms with E-state index in [1.165, 1.54) is 0 Å². The van der Waals surface area contributed by atoms with Crippen molar-refractivity contribution in [2.24, 2.45) is 0 Å². The molecule has 1 N–H and O–H groups in total. The van der Waals surface area contributed by atoms with E-state index in [2.05, 4.69) is 19.4 Å². The predicted molar refractivity (Wildman–Crippen MR) is 95.4 cm³/mol. The van der Waals surface area contributed by atoms with Gasteiger partial charge in [0, 0.05) is 10.4 Å². The number of carbonyl (C=O) groups excluding carboxylic acids is 1. The molecule has 0 aliphatic rings. The van der Waals surface area contributed by atoms with Gasteiger partial charge in [0.15, 0.2) is 0 Å². The lowest BCUT2D eigenvalue weighted by atomic mass is 10.1. The highest BCUT2D eigenvalue weighted by Gasteiger charge is 2.19. The molecular weight excluding hydrogens is 346 g/mol. The van der Waals surface area contributed by atoms with Crippen molar-refractivity contribution < 1.29 is 4.79 Å². The molecule has 1 atom stereocenters. The minimum absolute atomic E-state index is 0.107. The first-order chi connectivity index (χ1) is 11.3. The van der Waals surface area contributed by atoms with Gasteiger partial charge in [-0.15, -0.1) is 11.3 Å². The predicted octanol–water partition coefficient (Wildman–Crippen LogP) is 4.33. The van der Waals surface area contributed by atoms with E-state index in [0.717, 1.165) is 33.2 Å². The molecule has 0 saturated carbocycles. The molecule has 0 spiro atoms. The summed E-state index contributed by atoms with van der Waals surface area (Å²) in [5.74, 6) is -0.107. The number of amides is 1. The maximum Gasteiger partial charge on any atom is 0.252 e. The standard InChI is InChI=1S/C16H11N3OS3/c20-16(10-3-4-12-13(8-10)19-23-18-12)17-15(11-5-7-21-9-11)14-2-1-6-22-14/h1-9,15H,(H,17,20)/t15-/m1/s1. The van der Waals surface area contributed by atoms with Crippen molar-refractivity contribution in [1.29, 1.82) is 0 Å². The van der Waals surface area contributed by atoms with Gasteiger partial charge in [-0.1, -0.05) is 6.07 Å². The molecule has 0 bridgehead atoms. The number of nitrogens with one attached hydrogen (secondary N) is 1. The Morgan fingerprint density at radius 3 is 2.78 bits per heavy atom. The Bertz CT molecular complexity index is 894. The number of thiophene rings is 2. The molecule has 3 heterocycles. The Hall–Kier alpha value is -2.09. The van der Waals surface area contributed by atoms with Crippen LogP contribution in [-0.4, -0.2) is 14.7 Å². The molecule has 4 rings (SSSR count). The van der Waals surface area contributed by atoms with E-state index in [1.807, 2.05) is 35.0 Å². The molecule has 4 aromatic rings. The smallest absolute Gasteiger partial charge is 0.252 e. The van der Waals surface area contributed by atoms with Crippen LogP contribution in [0.1, 0.15) is 26.8 Å². The number of hydrogen-bond donors (Lipinski definition) is 1. The molecule has 1 amide bonds. The molecule has 114 valence electrons. The molecule has 0 aliphatic carbocycles. The molecule has 0 aliphatic heterocycles. The fourth-order valence-corrected chi connectivity index (χ4v) is 4.36. The van der Waals surface area contributed by atoms with Crippen molar-refractivity contribution in [3.8, 4) is 0 Å². The average molecular weight is 357 g/mol. The van der Waals surface area contributed by atoms with Crippen molar-refractivity contribution >= 4 is 51.3 Å². The minimum atomic E-state index is -0.127. The summed E-state index contributed by atoms with van der Waals surface area (Å²) >= 11 is 4.42. The lowest BCUT2D eigenvalue weighted by Gasteiger charge is -2.16. The number of fused-ring (bicyclic) bond motifs is 1. The third kappa shape index (κ3) is 2.90. The zero-order valence-electron chi connectivity index (χ0n) is 11.8. The van der Waals surface area contributed by atoms with E-state index >= 15 is 0 Å². The van der Waals surface area contributed by atoms with Crippen molar-refractivity contribution in [3.05, 3.63) is 68.5 Å². The van der Waals surface area contributed by atoms with E-state index in [0.29, 0.717) is 5.56 Å². The van der Waals surface area contributed by atoms with Crippen LogP contribution < -0.4 is 5.32 Å². The van der Waals surface area contributed by atoms with Gasteiger partial charge in [-0.2, -0.15) is 20.1 Å². The maximum atomic E-state index is 12.7. The Morgan fingerprint density at radius 1 is 1.09 bits per heavy atom. The van der Waals surface area contributed by atoms with Crippen molar-refractivity contribution in [2.75, 3.05) is 0 Å². The lowest BCUT2D eigenvalue weighted by Crippen LogP contribution is -2.28. The second-order valence-corrected chi connectivity index (χ2v) is 7.23. The summed E-state index contributed by atoms with van der Waals surface area (Å²) < 4.78 is 8.36. The van der Waals surface area contributed by atoms with Gasteiger partial charge in [0.1, 0.15) is 11.0 Å². The van der Waals surface area contributed by atoms with Crippen LogP contribution in [0.2, 0.25) is 0 Å². The van der Waals surface area contributed by atoms with Gasteiger partial charge < -0.3 is 5.32 Å². The number of rotatable bonds is 4. The Labute approximate surface area is 144 Å². The van der Waals surface area contributed by atoms with Gasteiger partial charge in [-0.05, 0) is 52.0 Å². The molecule has 4 nitrogen and oxygen atoms in total. The Morgan fingerprint density at radius 2 is 2.00 bits per heavy atom. The third-order valence-electron chi connectivity index (χ3n) is 3.50. The molecule has 3 aromatic heterocycles. The number of hydrogen-bond acceptors (Lipinski definition) is 6. The first-order valence-electron chi connectivity index (χ1n) is 6.90. The summed E-state index contributed by atoms with van der Waals surface area (Å²) in [6.07, 6.45) is 0. The molecule has 23 heavy (non-hydrogen) atoms. The lowest BCUT2D eigenvalue weighted by molar-refractivity contribution is 0.0943. The fraction of sp³-hybridized carbons (Fsp3) is 0.0625. The zero-order chi connectivity index (χ0) is 15.6. The quantitative estimate of drug-likeness (QED) is 0.591. The van der Waals surface area contributed by atoms with E-state index in [1.54, 1.807) is 34.8 Å². The third-order valence-corrected chi connectivity index (χ3v) is 5.69. The van der Waals surface area contributed by atoms with Crippen LogP contribution in [0, 0.1) is 0 Å². The Balaban J connectivity index is 1.64. The van der Waals surface area contributed by atoms with Gasteiger partial charge in [-0.3, -0.25) is 4.79 Å². The average Bonchev–Trinajstić information content (AvgIpc) is 3.34. The Kier molecular flexibility index (Phi) is 3.90. The summed E-state index contributed by atoms with van der Waals surface area (Å²) in [7, 11) is 0. The van der Waals surface area contributed by atoms with Crippen LogP contribution in [0.25, 0.3) is 11.0 Å².